The number of carbonyl (C=O) groups excluding carboxylic acids is 3. The molecule has 1 aromatic carbocycles. The highest BCUT2D eigenvalue weighted by Crippen LogP contribution is 2.24. The van der Waals surface area contributed by atoms with E-state index in [9.17, 15) is 14.4 Å². The van der Waals surface area contributed by atoms with E-state index in [4.69, 9.17) is 14.7 Å². The zero-order valence-electron chi connectivity index (χ0n) is 11.9. The molecule has 1 aliphatic rings. The molecule has 1 heterocycles. The predicted molar refractivity (Wildman–Crippen MR) is 74.6 cm³/mol. The summed E-state index contributed by atoms with van der Waals surface area (Å²) in [5.74, 6) is -1.65. The van der Waals surface area contributed by atoms with Gasteiger partial charge in [0.1, 0.15) is 6.04 Å². The van der Waals surface area contributed by atoms with E-state index in [1.165, 1.54) is 17.9 Å². The number of hydrogen-bond acceptors (Lipinski definition) is 6. The first-order valence-corrected chi connectivity index (χ1v) is 6.65. The van der Waals surface area contributed by atoms with Crippen LogP contribution >= 0.6 is 0 Å². The largest absolute Gasteiger partial charge is 0.464 e. The van der Waals surface area contributed by atoms with E-state index in [1.54, 1.807) is 18.2 Å². The first-order chi connectivity index (χ1) is 10.5. The second-order valence-electron chi connectivity index (χ2n) is 4.68. The van der Waals surface area contributed by atoms with E-state index < -0.39 is 30.5 Å². The minimum Gasteiger partial charge on any atom is -0.464 e. The maximum Gasteiger partial charge on any atom is 0.329 e. The molecule has 0 bridgehead atoms. The van der Waals surface area contributed by atoms with Gasteiger partial charge in [0.25, 0.3) is 5.91 Å². The van der Waals surface area contributed by atoms with E-state index in [2.05, 4.69) is 0 Å². The van der Waals surface area contributed by atoms with Gasteiger partial charge < -0.3 is 9.47 Å². The standard InChI is InChI=1S/C15H14N2O5/c1-10(18)22-9-14(19)17(13-5-6-21-15(13)20)12-4-2-3-11(7-12)8-16/h2-4,7,13H,5-6,9H2,1H3. The summed E-state index contributed by atoms with van der Waals surface area (Å²) in [5, 5.41) is 8.96. The number of hydrogen-bond donors (Lipinski definition) is 0. The molecule has 0 N–H and O–H groups in total. The summed E-state index contributed by atoms with van der Waals surface area (Å²) in [4.78, 5) is 36.2. The van der Waals surface area contributed by atoms with Crippen molar-refractivity contribution in [3.63, 3.8) is 0 Å². The zero-order valence-corrected chi connectivity index (χ0v) is 11.9. The van der Waals surface area contributed by atoms with Crippen molar-refractivity contribution in [3.05, 3.63) is 29.8 Å². The van der Waals surface area contributed by atoms with Crippen LogP contribution in [0.2, 0.25) is 0 Å². The number of benzene rings is 1. The number of rotatable bonds is 4. The van der Waals surface area contributed by atoms with Gasteiger partial charge in [-0.25, -0.2) is 4.79 Å². The highest BCUT2D eigenvalue weighted by atomic mass is 16.5. The molecule has 2 rings (SSSR count). The molecule has 1 aromatic rings. The van der Waals surface area contributed by atoms with Crippen molar-refractivity contribution in [2.45, 2.75) is 19.4 Å². The summed E-state index contributed by atoms with van der Waals surface area (Å²) in [6.45, 7) is 0.937. The molecule has 0 aromatic heterocycles. The smallest absolute Gasteiger partial charge is 0.329 e. The fourth-order valence-electron chi connectivity index (χ4n) is 2.18. The Kier molecular flexibility index (Phi) is 4.73. The zero-order chi connectivity index (χ0) is 16.1. The molecule has 7 nitrogen and oxygen atoms in total. The second-order valence-corrected chi connectivity index (χ2v) is 4.68. The lowest BCUT2D eigenvalue weighted by Crippen LogP contribution is -2.45. The highest BCUT2D eigenvalue weighted by Gasteiger charge is 2.36. The molecule has 1 fully saturated rings. The first kappa shape index (κ1) is 15.5. The molecular formula is C15H14N2O5. The van der Waals surface area contributed by atoms with E-state index in [-0.39, 0.29) is 6.61 Å². The third-order valence-electron chi connectivity index (χ3n) is 3.14. The summed E-state index contributed by atoms with van der Waals surface area (Å²) in [6.07, 6.45) is 0.349. The van der Waals surface area contributed by atoms with Gasteiger partial charge in [-0.3, -0.25) is 14.5 Å². The van der Waals surface area contributed by atoms with Gasteiger partial charge in [0, 0.05) is 19.0 Å². The van der Waals surface area contributed by atoms with Crippen molar-refractivity contribution < 1.29 is 23.9 Å². The molecule has 1 atom stereocenters. The summed E-state index contributed by atoms with van der Waals surface area (Å²) >= 11 is 0. The number of nitrogens with zero attached hydrogens (tertiary/aromatic N) is 2. The first-order valence-electron chi connectivity index (χ1n) is 6.65. The quantitative estimate of drug-likeness (QED) is 0.762. The van der Waals surface area contributed by atoms with Crippen LogP contribution in [0.25, 0.3) is 0 Å². The number of nitriles is 1. The van der Waals surface area contributed by atoms with Crippen LogP contribution in [0.1, 0.15) is 18.9 Å². The molecular weight excluding hydrogens is 288 g/mol. The van der Waals surface area contributed by atoms with Crippen molar-refractivity contribution in [1.82, 2.24) is 0 Å². The topological polar surface area (TPSA) is 96.7 Å². The van der Waals surface area contributed by atoms with E-state index in [0.29, 0.717) is 17.7 Å². The Bertz CT molecular complexity index is 650. The van der Waals surface area contributed by atoms with Crippen molar-refractivity contribution in [2.24, 2.45) is 0 Å². The lowest BCUT2D eigenvalue weighted by atomic mass is 10.1. The molecule has 114 valence electrons. The van der Waals surface area contributed by atoms with E-state index in [1.807, 2.05) is 6.07 Å². The fourth-order valence-corrected chi connectivity index (χ4v) is 2.18. The Morgan fingerprint density at radius 3 is 2.86 bits per heavy atom. The van der Waals surface area contributed by atoms with Gasteiger partial charge in [-0.15, -0.1) is 0 Å². The number of cyclic esters (lactones) is 1. The lowest BCUT2D eigenvalue weighted by Gasteiger charge is -2.26. The molecule has 0 radical (unpaired) electrons. The molecule has 0 spiro atoms. The number of carbonyl (C=O) groups is 3. The third kappa shape index (κ3) is 3.41. The van der Waals surface area contributed by atoms with Gasteiger partial charge in [0.05, 0.1) is 18.2 Å². The Morgan fingerprint density at radius 2 is 2.27 bits per heavy atom. The van der Waals surface area contributed by atoms with E-state index in [0.717, 1.165) is 0 Å². The van der Waals surface area contributed by atoms with Crippen LogP contribution < -0.4 is 4.90 Å². The third-order valence-corrected chi connectivity index (χ3v) is 3.14. The van der Waals surface area contributed by atoms with Gasteiger partial charge >= 0.3 is 11.9 Å². The van der Waals surface area contributed by atoms with Gasteiger partial charge in [-0.2, -0.15) is 5.26 Å². The van der Waals surface area contributed by atoms with Crippen LogP contribution in [0.5, 0.6) is 0 Å². The highest BCUT2D eigenvalue weighted by molar-refractivity contribution is 6.01. The Balaban J connectivity index is 2.32. The van der Waals surface area contributed by atoms with Gasteiger partial charge in [0.2, 0.25) is 0 Å². The minimum atomic E-state index is -0.781. The maximum atomic E-state index is 12.3. The maximum absolute atomic E-state index is 12.3. The fraction of sp³-hybridized carbons (Fsp3) is 0.333. The van der Waals surface area contributed by atoms with E-state index >= 15 is 0 Å². The number of anilines is 1. The average molecular weight is 302 g/mol. The summed E-state index contributed by atoms with van der Waals surface area (Å²) < 4.78 is 9.60. The van der Waals surface area contributed by atoms with Crippen molar-refractivity contribution in [3.8, 4) is 6.07 Å². The number of amides is 1. The van der Waals surface area contributed by atoms with Crippen LogP contribution in [0.4, 0.5) is 5.69 Å². The summed E-state index contributed by atoms with van der Waals surface area (Å²) in [7, 11) is 0. The summed E-state index contributed by atoms with van der Waals surface area (Å²) in [5.41, 5.74) is 0.745. The van der Waals surface area contributed by atoms with Crippen LogP contribution in [0.3, 0.4) is 0 Å². The second kappa shape index (κ2) is 6.72. The number of ether oxygens (including phenoxy) is 2. The predicted octanol–water partition coefficient (Wildman–Crippen LogP) is 0.770. The lowest BCUT2D eigenvalue weighted by molar-refractivity contribution is -0.146. The van der Waals surface area contributed by atoms with Crippen LogP contribution in [-0.4, -0.2) is 37.1 Å². The number of esters is 2. The minimum absolute atomic E-state index is 0.221. The molecule has 1 unspecified atom stereocenters. The molecule has 7 heteroatoms. The summed E-state index contributed by atoms with van der Waals surface area (Å²) in [6, 6.07) is 7.50. The van der Waals surface area contributed by atoms with Gasteiger partial charge in [-0.05, 0) is 18.2 Å². The molecule has 0 saturated carbocycles. The molecule has 1 aliphatic heterocycles. The van der Waals surface area contributed by atoms with Crippen LogP contribution in [0, 0.1) is 11.3 Å². The van der Waals surface area contributed by atoms with Gasteiger partial charge in [-0.1, -0.05) is 6.07 Å². The Labute approximate surface area is 127 Å². The molecule has 1 saturated heterocycles. The van der Waals surface area contributed by atoms with Crippen LogP contribution in [0.15, 0.2) is 24.3 Å². The van der Waals surface area contributed by atoms with Crippen molar-refractivity contribution in [2.75, 3.05) is 18.1 Å². The SMILES string of the molecule is CC(=O)OCC(=O)N(c1cccc(C#N)c1)C1CCOC1=O. The molecule has 22 heavy (non-hydrogen) atoms. The molecule has 1 amide bonds. The van der Waals surface area contributed by atoms with Crippen molar-refractivity contribution >= 4 is 23.5 Å². The average Bonchev–Trinajstić information content (AvgIpc) is 2.92. The van der Waals surface area contributed by atoms with Crippen molar-refractivity contribution in [1.29, 1.82) is 5.26 Å². The Hall–Kier alpha value is -2.88. The molecule has 0 aliphatic carbocycles. The van der Waals surface area contributed by atoms with Gasteiger partial charge in [0.15, 0.2) is 6.61 Å². The Morgan fingerprint density at radius 1 is 1.50 bits per heavy atom. The van der Waals surface area contributed by atoms with Crippen LogP contribution in [-0.2, 0) is 23.9 Å². The monoisotopic (exact) mass is 302 g/mol. The normalized spacial score (nSPS) is 16.5.